The molecule has 0 saturated carbocycles. The summed E-state index contributed by atoms with van der Waals surface area (Å²) in [6, 6.07) is 7.56. The molecule has 104 valence electrons. The maximum atomic E-state index is 11.8. The molecule has 0 saturated heterocycles. The summed E-state index contributed by atoms with van der Waals surface area (Å²) in [5, 5.41) is 14.4. The molecule has 1 aromatic carbocycles. The second kappa shape index (κ2) is 6.56. The first-order chi connectivity index (χ1) is 8.85. The van der Waals surface area contributed by atoms with E-state index >= 15 is 0 Å². The van der Waals surface area contributed by atoms with Gasteiger partial charge in [-0.15, -0.1) is 0 Å². The van der Waals surface area contributed by atoms with Crippen molar-refractivity contribution in [1.29, 1.82) is 0 Å². The number of hydrogen-bond acceptors (Lipinski definition) is 3. The van der Waals surface area contributed by atoms with E-state index in [-0.39, 0.29) is 11.7 Å². The minimum absolute atomic E-state index is 0.0939. The number of nitrogens with one attached hydrogen (secondary N) is 1. The van der Waals surface area contributed by atoms with Gasteiger partial charge in [0.25, 0.3) is 0 Å². The smallest absolute Gasteiger partial charge is 0.224 e. The summed E-state index contributed by atoms with van der Waals surface area (Å²) in [6.45, 7) is 3.90. The highest BCUT2D eigenvalue weighted by molar-refractivity contribution is 9.10. The van der Waals surface area contributed by atoms with Gasteiger partial charge in [-0.2, -0.15) is 0 Å². The molecule has 0 radical (unpaired) electrons. The Morgan fingerprint density at radius 2 is 2.00 bits per heavy atom. The first-order valence-electron chi connectivity index (χ1n) is 5.84. The van der Waals surface area contributed by atoms with Gasteiger partial charge in [0.15, 0.2) is 0 Å². The average molecular weight is 328 g/mol. The van der Waals surface area contributed by atoms with Gasteiger partial charge in [0.1, 0.15) is 5.84 Å². The molecule has 6 heteroatoms. The van der Waals surface area contributed by atoms with Crippen LogP contribution in [0.2, 0.25) is 0 Å². The van der Waals surface area contributed by atoms with E-state index in [0.29, 0.717) is 13.0 Å². The lowest BCUT2D eigenvalue weighted by molar-refractivity contribution is -0.120. The summed E-state index contributed by atoms with van der Waals surface area (Å²) in [5.41, 5.74) is 5.90. The van der Waals surface area contributed by atoms with Gasteiger partial charge >= 0.3 is 0 Å². The Morgan fingerprint density at radius 1 is 1.42 bits per heavy atom. The Bertz CT molecular complexity index is 469. The standard InChI is InChI=1S/C13H18BrN3O2/c1-13(2,12(15)17-19)8-16-11(18)7-9-3-5-10(14)6-4-9/h3-6,19H,7-8H2,1-2H3,(H2,15,17)(H,16,18). The third-order valence-electron chi connectivity index (χ3n) is 2.81. The van der Waals surface area contributed by atoms with E-state index < -0.39 is 5.41 Å². The van der Waals surface area contributed by atoms with Gasteiger partial charge < -0.3 is 16.3 Å². The summed E-state index contributed by atoms with van der Waals surface area (Å²) in [5.74, 6) is -0.00224. The second-order valence-electron chi connectivity index (χ2n) is 4.95. The molecule has 1 amide bonds. The van der Waals surface area contributed by atoms with E-state index in [1.54, 1.807) is 13.8 Å². The number of halogens is 1. The van der Waals surface area contributed by atoms with Crippen LogP contribution in [0, 0.1) is 5.41 Å². The molecule has 0 atom stereocenters. The lowest BCUT2D eigenvalue weighted by atomic mass is 9.92. The number of nitrogens with two attached hydrogens (primary N) is 1. The van der Waals surface area contributed by atoms with Crippen LogP contribution in [0.5, 0.6) is 0 Å². The number of amidine groups is 1. The fraction of sp³-hybridized carbons (Fsp3) is 0.385. The van der Waals surface area contributed by atoms with Crippen molar-refractivity contribution in [2.45, 2.75) is 20.3 Å². The molecule has 5 nitrogen and oxygen atoms in total. The summed E-state index contributed by atoms with van der Waals surface area (Å²) in [7, 11) is 0. The van der Waals surface area contributed by atoms with Crippen molar-refractivity contribution in [2.24, 2.45) is 16.3 Å². The van der Waals surface area contributed by atoms with Crippen molar-refractivity contribution in [3.8, 4) is 0 Å². The van der Waals surface area contributed by atoms with Crippen molar-refractivity contribution in [1.82, 2.24) is 5.32 Å². The summed E-state index contributed by atoms with van der Waals surface area (Å²) in [4.78, 5) is 11.8. The number of hydrogen-bond donors (Lipinski definition) is 3. The molecule has 19 heavy (non-hydrogen) atoms. The van der Waals surface area contributed by atoms with Crippen LogP contribution in [-0.2, 0) is 11.2 Å². The summed E-state index contributed by atoms with van der Waals surface area (Å²) in [6.07, 6.45) is 0.305. The van der Waals surface area contributed by atoms with Gasteiger partial charge in [-0.05, 0) is 17.7 Å². The first-order valence-corrected chi connectivity index (χ1v) is 6.63. The number of oxime groups is 1. The summed E-state index contributed by atoms with van der Waals surface area (Å²) < 4.78 is 0.977. The Morgan fingerprint density at radius 3 is 2.53 bits per heavy atom. The zero-order valence-electron chi connectivity index (χ0n) is 11.0. The number of nitrogens with zero attached hydrogens (tertiary/aromatic N) is 1. The highest BCUT2D eigenvalue weighted by Gasteiger charge is 2.24. The molecule has 0 unspecified atom stereocenters. The molecule has 0 spiro atoms. The van der Waals surface area contributed by atoms with Crippen LogP contribution in [0.25, 0.3) is 0 Å². The lowest BCUT2D eigenvalue weighted by Crippen LogP contribution is -2.43. The minimum Gasteiger partial charge on any atom is -0.409 e. The zero-order valence-corrected chi connectivity index (χ0v) is 12.6. The molecule has 0 fully saturated rings. The third-order valence-corrected chi connectivity index (χ3v) is 3.34. The Labute approximate surface area is 121 Å². The fourth-order valence-electron chi connectivity index (χ4n) is 1.40. The Kier molecular flexibility index (Phi) is 5.35. The Balaban J connectivity index is 2.50. The van der Waals surface area contributed by atoms with Crippen molar-refractivity contribution < 1.29 is 10.0 Å². The van der Waals surface area contributed by atoms with Gasteiger partial charge in [0, 0.05) is 16.4 Å². The quantitative estimate of drug-likeness (QED) is 0.334. The predicted molar refractivity (Wildman–Crippen MR) is 78.0 cm³/mol. The zero-order chi connectivity index (χ0) is 14.5. The molecule has 0 aliphatic carbocycles. The van der Waals surface area contributed by atoms with Crippen LogP contribution in [-0.4, -0.2) is 23.5 Å². The van der Waals surface area contributed by atoms with Gasteiger partial charge in [-0.25, -0.2) is 0 Å². The van der Waals surface area contributed by atoms with Crippen LogP contribution in [0.15, 0.2) is 33.9 Å². The number of carbonyl (C=O) groups is 1. The van der Waals surface area contributed by atoms with Crippen LogP contribution in [0.3, 0.4) is 0 Å². The van der Waals surface area contributed by atoms with Gasteiger partial charge in [-0.1, -0.05) is 47.1 Å². The molecule has 0 heterocycles. The molecule has 0 aromatic heterocycles. The molecule has 0 aliphatic heterocycles. The van der Waals surface area contributed by atoms with E-state index in [1.165, 1.54) is 0 Å². The number of amides is 1. The highest BCUT2D eigenvalue weighted by atomic mass is 79.9. The topological polar surface area (TPSA) is 87.7 Å². The monoisotopic (exact) mass is 327 g/mol. The fourth-order valence-corrected chi connectivity index (χ4v) is 1.66. The largest absolute Gasteiger partial charge is 0.409 e. The lowest BCUT2D eigenvalue weighted by Gasteiger charge is -2.23. The number of carbonyl (C=O) groups excluding carboxylic acids is 1. The van der Waals surface area contributed by atoms with Crippen LogP contribution in [0.1, 0.15) is 19.4 Å². The molecular formula is C13H18BrN3O2. The molecule has 1 rings (SSSR count). The van der Waals surface area contributed by atoms with Crippen molar-refractivity contribution in [2.75, 3.05) is 6.54 Å². The van der Waals surface area contributed by atoms with Crippen LogP contribution < -0.4 is 11.1 Å². The van der Waals surface area contributed by atoms with Crippen molar-refractivity contribution in [3.05, 3.63) is 34.3 Å². The first kappa shape index (κ1) is 15.5. The number of benzene rings is 1. The Hall–Kier alpha value is -1.56. The van der Waals surface area contributed by atoms with E-state index in [4.69, 9.17) is 10.9 Å². The SMILES string of the molecule is CC(C)(CNC(=O)Cc1ccc(Br)cc1)/C(N)=N/O. The summed E-state index contributed by atoms with van der Waals surface area (Å²) >= 11 is 3.34. The minimum atomic E-state index is -0.579. The van der Waals surface area contributed by atoms with E-state index in [2.05, 4.69) is 26.4 Å². The maximum absolute atomic E-state index is 11.8. The normalized spacial score (nSPS) is 12.3. The molecule has 1 aromatic rings. The molecular weight excluding hydrogens is 310 g/mol. The third kappa shape index (κ3) is 4.90. The highest BCUT2D eigenvalue weighted by Crippen LogP contribution is 2.14. The van der Waals surface area contributed by atoms with Crippen molar-refractivity contribution in [3.63, 3.8) is 0 Å². The maximum Gasteiger partial charge on any atom is 0.224 e. The van der Waals surface area contributed by atoms with Gasteiger partial charge in [-0.3, -0.25) is 4.79 Å². The van der Waals surface area contributed by atoms with E-state index in [0.717, 1.165) is 10.0 Å². The molecule has 0 bridgehead atoms. The van der Waals surface area contributed by atoms with Crippen LogP contribution in [0.4, 0.5) is 0 Å². The van der Waals surface area contributed by atoms with Crippen LogP contribution >= 0.6 is 15.9 Å². The average Bonchev–Trinajstić information content (AvgIpc) is 2.38. The van der Waals surface area contributed by atoms with Gasteiger partial charge in [0.05, 0.1) is 6.42 Å². The number of rotatable bonds is 5. The molecule has 0 aliphatic rings. The van der Waals surface area contributed by atoms with E-state index in [9.17, 15) is 4.79 Å². The van der Waals surface area contributed by atoms with Crippen molar-refractivity contribution >= 4 is 27.7 Å². The second-order valence-corrected chi connectivity index (χ2v) is 5.86. The molecule has 4 N–H and O–H groups in total. The van der Waals surface area contributed by atoms with Gasteiger partial charge in [0.2, 0.25) is 5.91 Å². The van der Waals surface area contributed by atoms with E-state index in [1.807, 2.05) is 24.3 Å². The predicted octanol–water partition coefficient (Wildman–Crippen LogP) is 1.88.